The predicted molar refractivity (Wildman–Crippen MR) is 82.7 cm³/mol. The first-order valence-corrected chi connectivity index (χ1v) is 9.86. The van der Waals surface area contributed by atoms with E-state index in [4.69, 9.17) is 20.1 Å². The normalized spacial score (nSPS) is 13.5. The van der Waals surface area contributed by atoms with Gasteiger partial charge in [-0.15, -0.1) is 0 Å². The van der Waals surface area contributed by atoms with Gasteiger partial charge in [-0.25, -0.2) is 0 Å². The van der Waals surface area contributed by atoms with Crippen LogP contribution in [0.2, 0.25) is 0 Å². The Labute approximate surface area is 135 Å². The van der Waals surface area contributed by atoms with Gasteiger partial charge in [0.1, 0.15) is 0 Å². The molecule has 0 saturated carbocycles. The van der Waals surface area contributed by atoms with Crippen LogP contribution in [0.3, 0.4) is 0 Å². The van der Waals surface area contributed by atoms with Gasteiger partial charge in [-0.2, -0.15) is 0 Å². The monoisotopic (exact) mass is 348 g/mol. The van der Waals surface area contributed by atoms with E-state index in [1.165, 1.54) is 5.57 Å². The number of benzene rings is 1. The van der Waals surface area contributed by atoms with Crippen LogP contribution >= 0.6 is 20.1 Å². The van der Waals surface area contributed by atoms with Crippen molar-refractivity contribution in [3.05, 3.63) is 59.7 Å². The number of carbonyl (C=O) groups is 1. The van der Waals surface area contributed by atoms with Crippen LogP contribution in [-0.4, -0.2) is 5.78 Å². The van der Waals surface area contributed by atoms with Crippen LogP contribution in [0, 0.1) is 5.41 Å². The Morgan fingerprint density at radius 2 is 1.85 bits per heavy atom. The minimum absolute atomic E-state index is 0.0452. The molecule has 1 nitrogen and oxygen atoms in total. The van der Waals surface area contributed by atoms with Crippen molar-refractivity contribution in [3.63, 3.8) is 0 Å². The van der Waals surface area contributed by atoms with Crippen LogP contribution in [0.4, 0.5) is 0 Å². The number of hydrogen-bond donors (Lipinski definition) is 0. The number of hydrogen-bond acceptors (Lipinski definition) is 1. The standard InChI is InChI=1S/C16H18O.2ClH.Cr/c1-16(2,14-10-6-7-11-14)12-15(17)13-8-4-3-5-9-13;;;/h3-10H,11-12H2,1-2H3;2*1H;/q;;;+2/p-2. The van der Waals surface area contributed by atoms with Gasteiger partial charge in [0.25, 0.3) is 0 Å². The Balaban J connectivity index is 0.000000612. The molecule has 0 bridgehead atoms. The Kier molecular flexibility index (Phi) is 7.63. The molecule has 0 unspecified atom stereocenters. The summed E-state index contributed by atoms with van der Waals surface area (Å²) in [6.45, 7) is 4.29. The van der Waals surface area contributed by atoms with Crippen molar-refractivity contribution in [2.75, 3.05) is 0 Å². The molecule has 1 aromatic rings. The van der Waals surface area contributed by atoms with E-state index in [2.05, 4.69) is 32.1 Å². The van der Waals surface area contributed by atoms with Gasteiger partial charge in [0.2, 0.25) is 0 Å². The average Bonchev–Trinajstić information content (AvgIpc) is 2.95. The number of halogens is 2. The quantitative estimate of drug-likeness (QED) is 0.652. The summed E-state index contributed by atoms with van der Waals surface area (Å²) in [6, 6.07) is 9.54. The molecule has 0 atom stereocenters. The van der Waals surface area contributed by atoms with Crippen molar-refractivity contribution in [1.82, 2.24) is 0 Å². The zero-order valence-electron chi connectivity index (χ0n) is 11.6. The van der Waals surface area contributed by atoms with Crippen LogP contribution in [0.15, 0.2) is 54.1 Å². The summed E-state index contributed by atoms with van der Waals surface area (Å²) in [7, 11) is 9.65. The first-order valence-electron chi connectivity index (χ1n) is 6.35. The topological polar surface area (TPSA) is 17.1 Å². The zero-order chi connectivity index (χ0) is 15.0. The fourth-order valence-corrected chi connectivity index (χ4v) is 2.19. The summed E-state index contributed by atoms with van der Waals surface area (Å²) in [5, 5.41) is 0. The molecule has 1 aromatic carbocycles. The molecular weight excluding hydrogens is 331 g/mol. The van der Waals surface area contributed by atoms with Crippen molar-refractivity contribution in [3.8, 4) is 0 Å². The predicted octanol–water partition coefficient (Wildman–Crippen LogP) is 5.55. The average molecular weight is 349 g/mol. The van der Waals surface area contributed by atoms with Crippen LogP contribution < -0.4 is 0 Å². The molecule has 0 aromatic heterocycles. The molecule has 0 aliphatic heterocycles. The van der Waals surface area contributed by atoms with Crippen molar-refractivity contribution < 1.29 is 18.2 Å². The van der Waals surface area contributed by atoms with Gasteiger partial charge >= 0.3 is 33.5 Å². The Morgan fingerprint density at radius 1 is 1.25 bits per heavy atom. The van der Waals surface area contributed by atoms with Gasteiger partial charge in [0.15, 0.2) is 5.78 Å². The van der Waals surface area contributed by atoms with Crippen molar-refractivity contribution in [2.24, 2.45) is 5.41 Å². The van der Waals surface area contributed by atoms with Gasteiger partial charge in [0.05, 0.1) is 0 Å². The summed E-state index contributed by atoms with van der Waals surface area (Å²) in [6.07, 6.45) is 7.91. The Bertz CT molecular complexity index is 492. The summed E-state index contributed by atoms with van der Waals surface area (Å²) < 4.78 is 0. The number of carbonyl (C=O) groups excluding carboxylic acids is 1. The van der Waals surface area contributed by atoms with E-state index in [0.717, 1.165) is 12.0 Å². The van der Waals surface area contributed by atoms with Gasteiger partial charge < -0.3 is 0 Å². The molecule has 0 radical (unpaired) electrons. The molecule has 4 heteroatoms. The maximum absolute atomic E-state index is 12.2. The van der Waals surface area contributed by atoms with Gasteiger partial charge in [-0.1, -0.05) is 68.0 Å². The first-order chi connectivity index (χ1) is 9.51. The van der Waals surface area contributed by atoms with Crippen molar-refractivity contribution in [2.45, 2.75) is 26.7 Å². The van der Waals surface area contributed by atoms with Gasteiger partial charge in [-0.05, 0) is 11.8 Å². The molecule has 0 saturated heterocycles. The van der Waals surface area contributed by atoms with E-state index < -0.39 is 0 Å². The molecule has 1 aliphatic rings. The Morgan fingerprint density at radius 3 is 2.35 bits per heavy atom. The van der Waals surface area contributed by atoms with Crippen molar-refractivity contribution in [1.29, 1.82) is 0 Å². The minimum atomic E-state index is -0.181. The number of Topliss-reactive ketones (excluding diaryl/α,β-unsaturated/α-hetero) is 1. The molecule has 0 spiro atoms. The van der Waals surface area contributed by atoms with Crippen LogP contribution in [0.25, 0.3) is 0 Å². The van der Waals surface area contributed by atoms with Gasteiger partial charge in [-0.3, -0.25) is 4.79 Å². The van der Waals surface area contributed by atoms with Crippen LogP contribution in [-0.2, 0) is 13.4 Å². The molecule has 1 aliphatic carbocycles. The van der Waals surface area contributed by atoms with Crippen LogP contribution in [0.1, 0.15) is 37.0 Å². The second-order valence-corrected chi connectivity index (χ2v) is 7.34. The van der Waals surface area contributed by atoms with Crippen LogP contribution in [0.5, 0.6) is 0 Å². The fraction of sp³-hybridized carbons (Fsp3) is 0.312. The third-order valence-corrected chi connectivity index (χ3v) is 3.34. The summed E-state index contributed by atoms with van der Waals surface area (Å²) in [5.41, 5.74) is 2.12. The summed E-state index contributed by atoms with van der Waals surface area (Å²) in [4.78, 5) is 12.2. The molecule has 0 N–H and O–H groups in total. The maximum atomic E-state index is 12.2. The third kappa shape index (κ3) is 5.46. The fourth-order valence-electron chi connectivity index (χ4n) is 2.19. The van der Waals surface area contributed by atoms with E-state index in [1.54, 1.807) is 0 Å². The zero-order valence-corrected chi connectivity index (χ0v) is 14.4. The third-order valence-electron chi connectivity index (χ3n) is 3.34. The number of ketones is 1. The second-order valence-electron chi connectivity index (χ2n) is 5.23. The SMILES string of the molecule is CC(C)(CC(=O)c1ccccc1)C1=CC=CC1.[Cl][Cr][Cl]. The summed E-state index contributed by atoms with van der Waals surface area (Å²) in [5.74, 6) is 0.225. The van der Waals surface area contributed by atoms with E-state index in [1.807, 2.05) is 30.3 Å². The van der Waals surface area contributed by atoms with E-state index in [9.17, 15) is 4.79 Å². The van der Waals surface area contributed by atoms with E-state index >= 15 is 0 Å². The molecule has 0 fully saturated rings. The molecule has 2 rings (SSSR count). The van der Waals surface area contributed by atoms with Gasteiger partial charge in [0, 0.05) is 12.0 Å². The molecule has 20 heavy (non-hydrogen) atoms. The van der Waals surface area contributed by atoms with E-state index in [0.29, 0.717) is 6.42 Å². The Hall–Kier alpha value is -0.518. The number of rotatable bonds is 4. The molecule has 0 heterocycles. The summed E-state index contributed by atoms with van der Waals surface area (Å²) >= 11 is -0.181. The molecule has 0 amide bonds. The molecule has 108 valence electrons. The van der Waals surface area contributed by atoms with Crippen molar-refractivity contribution >= 4 is 25.9 Å². The molecular formula is C16H18Cl2CrO. The number of allylic oxidation sites excluding steroid dienone is 4. The van der Waals surface area contributed by atoms with E-state index in [-0.39, 0.29) is 24.6 Å². The second kappa shape index (κ2) is 8.70. The first kappa shape index (κ1) is 17.5.